The van der Waals surface area contributed by atoms with Gasteiger partial charge in [0.1, 0.15) is 39.5 Å². The van der Waals surface area contributed by atoms with E-state index in [1.165, 1.54) is 13.8 Å². The number of halogens is 1. The average molecular weight is 865 g/mol. The third-order valence-corrected chi connectivity index (χ3v) is 10.6. The van der Waals surface area contributed by atoms with Crippen molar-refractivity contribution in [2.24, 2.45) is 0 Å². The number of benzene rings is 4. The number of hydrogen-bond donors (Lipinski definition) is 0. The van der Waals surface area contributed by atoms with Crippen molar-refractivity contribution in [2.75, 3.05) is 28.4 Å². The molecule has 0 spiro atoms. The molecule has 0 N–H and O–H groups in total. The van der Waals surface area contributed by atoms with Crippen molar-refractivity contribution in [3.05, 3.63) is 154 Å². The second-order valence-corrected chi connectivity index (χ2v) is 15.1. The molecule has 0 saturated carbocycles. The van der Waals surface area contributed by atoms with Crippen LogP contribution in [0.4, 0.5) is 0 Å². The molecule has 320 valence electrons. The number of nitrogens with zero attached hydrogens (tertiary/aromatic N) is 6. The van der Waals surface area contributed by atoms with Gasteiger partial charge in [0, 0.05) is 37.5 Å². The number of fused-ring (bicyclic) bond motifs is 2. The normalized spacial score (nSPS) is 10.9. The number of Topliss-reactive ketones (excluding diaryl/α,β-unsaturated/α-hetero) is 3. The van der Waals surface area contributed by atoms with Gasteiger partial charge < -0.3 is 18.9 Å². The van der Waals surface area contributed by atoms with Crippen LogP contribution in [0, 0.1) is 6.92 Å². The molecule has 13 nitrogen and oxygen atoms in total. The molecular formula is C49H45ClN6O7. The predicted octanol–water partition coefficient (Wildman–Crippen LogP) is 9.45. The summed E-state index contributed by atoms with van der Waals surface area (Å²) in [6.45, 7) is 5.96. The zero-order valence-corrected chi connectivity index (χ0v) is 36.7. The molecule has 4 heterocycles. The monoisotopic (exact) mass is 864 g/mol. The van der Waals surface area contributed by atoms with Gasteiger partial charge in [0.25, 0.3) is 0 Å². The fraction of sp³-hybridized carbons (Fsp3) is 0.204. The molecule has 0 aliphatic carbocycles. The topological polar surface area (TPSA) is 150 Å². The smallest absolute Gasteiger partial charge is 0.180 e. The Morgan fingerprint density at radius 1 is 0.556 bits per heavy atom. The Kier molecular flexibility index (Phi) is 13.3. The average Bonchev–Trinajstić information content (AvgIpc) is 3.84. The maximum atomic E-state index is 13.2. The minimum absolute atomic E-state index is 0.0518. The van der Waals surface area contributed by atoms with E-state index in [4.69, 9.17) is 35.5 Å². The van der Waals surface area contributed by atoms with Crippen LogP contribution in [-0.4, -0.2) is 75.3 Å². The van der Waals surface area contributed by atoms with E-state index in [0.29, 0.717) is 68.8 Å². The van der Waals surface area contributed by atoms with Gasteiger partial charge in [0.05, 0.1) is 58.0 Å². The first-order chi connectivity index (χ1) is 30.4. The minimum Gasteiger partial charge on any atom is -0.497 e. The third kappa shape index (κ3) is 9.90. The number of rotatable bonds is 14. The summed E-state index contributed by atoms with van der Waals surface area (Å²) in [5.74, 6) is 2.41. The lowest BCUT2D eigenvalue weighted by Gasteiger charge is -2.11. The van der Waals surface area contributed by atoms with E-state index in [1.54, 1.807) is 68.1 Å². The highest BCUT2D eigenvalue weighted by atomic mass is 35.5. The number of pyridine rings is 2. The second-order valence-electron chi connectivity index (χ2n) is 14.7. The Hall–Kier alpha value is -7.38. The Morgan fingerprint density at radius 2 is 1.03 bits per heavy atom. The van der Waals surface area contributed by atoms with Crippen LogP contribution in [0.25, 0.3) is 33.3 Å². The summed E-state index contributed by atoms with van der Waals surface area (Å²) in [6, 6.07) is 33.7. The lowest BCUT2D eigenvalue weighted by Crippen LogP contribution is -2.05. The highest BCUT2D eigenvalue weighted by Crippen LogP contribution is 2.29. The fourth-order valence-electron chi connectivity index (χ4n) is 7.09. The van der Waals surface area contributed by atoms with Gasteiger partial charge >= 0.3 is 0 Å². The van der Waals surface area contributed by atoms with Crippen LogP contribution in [0.1, 0.15) is 67.4 Å². The summed E-state index contributed by atoms with van der Waals surface area (Å²) in [4.78, 5) is 46.6. The van der Waals surface area contributed by atoms with Gasteiger partial charge in [-0.05, 0) is 95.9 Å². The molecule has 0 bridgehead atoms. The number of carbonyl (C=O) groups excluding carboxylic acids is 3. The summed E-state index contributed by atoms with van der Waals surface area (Å²) >= 11 is 5.97. The van der Waals surface area contributed by atoms with Gasteiger partial charge in [-0.3, -0.25) is 14.4 Å². The second kappa shape index (κ2) is 19.1. The molecule has 0 unspecified atom stereocenters. The highest BCUT2D eigenvalue weighted by Gasteiger charge is 2.19. The number of aromatic nitrogens is 6. The Bertz CT molecular complexity index is 2960. The number of hydrogen-bond acceptors (Lipinski definition) is 11. The fourth-order valence-corrected chi connectivity index (χ4v) is 7.23. The van der Waals surface area contributed by atoms with Gasteiger partial charge in [-0.2, -0.15) is 10.2 Å². The summed E-state index contributed by atoms with van der Waals surface area (Å²) in [7, 11) is 6.37. The third-order valence-electron chi connectivity index (χ3n) is 10.4. The van der Waals surface area contributed by atoms with Crippen molar-refractivity contribution < 1.29 is 33.3 Å². The first-order valence-corrected chi connectivity index (χ1v) is 20.3. The van der Waals surface area contributed by atoms with Crippen LogP contribution in [0.3, 0.4) is 0 Å². The Balaban J connectivity index is 0.000000227. The standard InChI is InChI=1S/C33H31N3O5.C16H14ClN3O2/c1-20-6-7-23(15-31(38)24-16-26(40-4)18-27(17-24)41-5)14-29(20)30-13-12-28-32(21(2)37)35-36(33(28)34-30)19-22-8-10-25(39-3)11-9-22;1-10(21)15-13-7-8-14(17)18-16(13)20(19-15)9-11-3-5-12(22-2)6-4-11/h6-14,16-18H,15,19H2,1-5H3;3-8H,9H2,1-2H3. The maximum absolute atomic E-state index is 13.2. The van der Waals surface area contributed by atoms with E-state index in [9.17, 15) is 14.4 Å². The zero-order chi connectivity index (χ0) is 44.8. The molecule has 14 heteroatoms. The van der Waals surface area contributed by atoms with E-state index >= 15 is 0 Å². The molecule has 4 aromatic carbocycles. The van der Waals surface area contributed by atoms with Crippen LogP contribution in [0.2, 0.25) is 5.15 Å². The summed E-state index contributed by atoms with van der Waals surface area (Å²) < 4.78 is 24.5. The van der Waals surface area contributed by atoms with Crippen molar-refractivity contribution in [1.82, 2.24) is 29.5 Å². The van der Waals surface area contributed by atoms with E-state index in [1.807, 2.05) is 85.8 Å². The van der Waals surface area contributed by atoms with Crippen LogP contribution >= 0.6 is 11.6 Å². The maximum Gasteiger partial charge on any atom is 0.180 e. The lowest BCUT2D eigenvalue weighted by molar-refractivity contribution is 0.0988. The molecule has 0 atom stereocenters. The number of ketones is 3. The SMILES string of the molecule is COc1ccc(Cn2nc(C(C)=O)c3ccc(-c4cc(CC(=O)c5cc(OC)cc(OC)c5)ccc4C)nc32)cc1.COc1ccc(Cn2nc(C(C)=O)c3ccc(Cl)nc32)cc1. The van der Waals surface area contributed by atoms with Crippen LogP contribution < -0.4 is 18.9 Å². The van der Waals surface area contributed by atoms with Crippen LogP contribution in [0.15, 0.2) is 109 Å². The molecule has 0 aliphatic rings. The molecule has 0 aliphatic heterocycles. The first kappa shape index (κ1) is 43.7. The van der Waals surface area contributed by atoms with Gasteiger partial charge in [-0.25, -0.2) is 19.3 Å². The predicted molar refractivity (Wildman–Crippen MR) is 242 cm³/mol. The molecule has 8 rings (SSSR count). The van der Waals surface area contributed by atoms with E-state index in [-0.39, 0.29) is 23.8 Å². The Labute approximate surface area is 369 Å². The zero-order valence-electron chi connectivity index (χ0n) is 35.9. The summed E-state index contributed by atoms with van der Waals surface area (Å²) in [5, 5.41) is 10.8. The van der Waals surface area contributed by atoms with Gasteiger partial charge in [0.2, 0.25) is 0 Å². The number of aryl methyl sites for hydroxylation is 1. The Morgan fingerprint density at radius 3 is 1.52 bits per heavy atom. The van der Waals surface area contributed by atoms with E-state index < -0.39 is 0 Å². The number of ether oxygens (including phenoxy) is 4. The van der Waals surface area contributed by atoms with Gasteiger partial charge in [-0.15, -0.1) is 0 Å². The lowest BCUT2D eigenvalue weighted by atomic mass is 9.97. The van der Waals surface area contributed by atoms with Crippen LogP contribution in [0.5, 0.6) is 23.0 Å². The quantitative estimate of drug-likeness (QED) is 0.0760. The number of carbonyl (C=O) groups is 3. The summed E-state index contributed by atoms with van der Waals surface area (Å²) in [5.41, 5.74) is 8.08. The minimum atomic E-state index is -0.121. The summed E-state index contributed by atoms with van der Waals surface area (Å²) in [6.07, 6.45) is 0.204. The van der Waals surface area contributed by atoms with Crippen LogP contribution in [-0.2, 0) is 19.5 Å². The van der Waals surface area contributed by atoms with Crippen molar-refractivity contribution >= 4 is 51.0 Å². The largest absolute Gasteiger partial charge is 0.497 e. The van der Waals surface area contributed by atoms with Crippen molar-refractivity contribution in [2.45, 2.75) is 40.3 Å². The molecule has 0 radical (unpaired) electrons. The number of methoxy groups -OCH3 is 4. The van der Waals surface area contributed by atoms with E-state index in [0.717, 1.165) is 45.0 Å². The molecular weight excluding hydrogens is 820 g/mol. The van der Waals surface area contributed by atoms with Crippen molar-refractivity contribution in [1.29, 1.82) is 0 Å². The molecule has 63 heavy (non-hydrogen) atoms. The molecule has 0 amide bonds. The molecule has 0 saturated heterocycles. The first-order valence-electron chi connectivity index (χ1n) is 19.9. The van der Waals surface area contributed by atoms with Crippen molar-refractivity contribution in [3.63, 3.8) is 0 Å². The molecule has 8 aromatic rings. The van der Waals surface area contributed by atoms with Gasteiger partial charge in [-0.1, -0.05) is 48.0 Å². The highest BCUT2D eigenvalue weighted by molar-refractivity contribution is 6.29. The molecule has 4 aromatic heterocycles. The van der Waals surface area contributed by atoms with E-state index in [2.05, 4.69) is 15.2 Å². The van der Waals surface area contributed by atoms with Crippen molar-refractivity contribution in [3.8, 4) is 34.3 Å². The molecule has 0 fully saturated rings. The van der Waals surface area contributed by atoms with Gasteiger partial charge in [0.15, 0.2) is 28.6 Å².